The highest BCUT2D eigenvalue weighted by atomic mass is 16.5. The molecule has 0 bridgehead atoms. The molecule has 2 aromatic carbocycles. The third-order valence-electron chi connectivity index (χ3n) is 6.11. The van der Waals surface area contributed by atoms with Crippen LogP contribution in [0.5, 0.6) is 17.2 Å². The highest BCUT2D eigenvalue weighted by Crippen LogP contribution is 2.46. The van der Waals surface area contributed by atoms with Crippen LogP contribution in [-0.2, 0) is 26.0 Å². The average molecular weight is 369 g/mol. The zero-order valence-electron chi connectivity index (χ0n) is 16.4. The van der Waals surface area contributed by atoms with Gasteiger partial charge in [-0.2, -0.15) is 0 Å². The molecule has 5 nitrogen and oxygen atoms in total. The first-order valence-electron chi connectivity index (χ1n) is 9.40. The average Bonchev–Trinajstić information content (AvgIpc) is 2.70. The minimum absolute atomic E-state index is 0.0345. The molecular weight excluding hydrogens is 342 g/mol. The van der Waals surface area contributed by atoms with Crippen molar-refractivity contribution in [2.24, 2.45) is 0 Å². The zero-order chi connectivity index (χ0) is 19.1. The topological polar surface area (TPSA) is 51.2 Å². The number of aliphatic hydroxyl groups is 1. The van der Waals surface area contributed by atoms with Crippen LogP contribution in [0.3, 0.4) is 0 Å². The van der Waals surface area contributed by atoms with Crippen molar-refractivity contribution >= 4 is 0 Å². The molecule has 0 saturated heterocycles. The van der Waals surface area contributed by atoms with Crippen molar-refractivity contribution in [2.75, 3.05) is 21.3 Å². The van der Waals surface area contributed by atoms with Crippen LogP contribution < -0.4 is 14.2 Å². The lowest BCUT2D eigenvalue weighted by molar-refractivity contribution is 0.103. The van der Waals surface area contributed by atoms with Crippen LogP contribution in [0.15, 0.2) is 24.3 Å². The second-order valence-corrected chi connectivity index (χ2v) is 7.39. The first-order chi connectivity index (χ1) is 13.1. The normalized spacial score (nSPS) is 21.1. The molecule has 0 aromatic heterocycles. The third-order valence-corrected chi connectivity index (χ3v) is 6.11. The van der Waals surface area contributed by atoms with Gasteiger partial charge in [-0.1, -0.05) is 6.07 Å². The Labute approximate surface area is 160 Å². The van der Waals surface area contributed by atoms with Crippen molar-refractivity contribution in [2.45, 2.75) is 45.0 Å². The van der Waals surface area contributed by atoms with Crippen molar-refractivity contribution in [1.82, 2.24) is 4.90 Å². The molecule has 0 spiro atoms. The summed E-state index contributed by atoms with van der Waals surface area (Å²) in [5.41, 5.74) is 5.91. The molecule has 144 valence electrons. The summed E-state index contributed by atoms with van der Waals surface area (Å²) < 4.78 is 16.6. The molecule has 2 aromatic rings. The van der Waals surface area contributed by atoms with Crippen LogP contribution in [0, 0.1) is 0 Å². The van der Waals surface area contributed by atoms with E-state index >= 15 is 0 Å². The van der Waals surface area contributed by atoms with Crippen LogP contribution in [-0.4, -0.2) is 37.4 Å². The molecular formula is C22H27NO4. The Morgan fingerprint density at radius 2 is 1.78 bits per heavy atom. The number of hydrogen-bond acceptors (Lipinski definition) is 5. The van der Waals surface area contributed by atoms with Gasteiger partial charge in [-0.15, -0.1) is 0 Å². The van der Waals surface area contributed by atoms with E-state index < -0.39 is 0 Å². The maximum Gasteiger partial charge on any atom is 0.128 e. The lowest BCUT2D eigenvalue weighted by Gasteiger charge is -2.46. The second kappa shape index (κ2) is 7.06. The van der Waals surface area contributed by atoms with E-state index in [0.717, 1.165) is 42.0 Å². The summed E-state index contributed by atoms with van der Waals surface area (Å²) >= 11 is 0. The summed E-state index contributed by atoms with van der Waals surface area (Å²) in [6.45, 7) is 3.06. The minimum atomic E-state index is -0.0345. The molecule has 1 unspecified atom stereocenters. The predicted octanol–water partition coefficient (Wildman–Crippen LogP) is 3.25. The van der Waals surface area contributed by atoms with Gasteiger partial charge in [0.05, 0.1) is 27.9 Å². The summed E-state index contributed by atoms with van der Waals surface area (Å²) in [6, 6.07) is 9.01. The number of hydrogen-bond donors (Lipinski definition) is 1. The Balaban J connectivity index is 1.84. The van der Waals surface area contributed by atoms with Crippen molar-refractivity contribution in [3.8, 4) is 17.2 Å². The van der Waals surface area contributed by atoms with E-state index in [-0.39, 0.29) is 12.6 Å². The highest BCUT2D eigenvalue weighted by molar-refractivity contribution is 5.55. The van der Waals surface area contributed by atoms with E-state index in [1.54, 1.807) is 21.3 Å². The quantitative estimate of drug-likeness (QED) is 0.897. The van der Waals surface area contributed by atoms with Crippen LogP contribution in [0.25, 0.3) is 0 Å². The molecule has 0 saturated carbocycles. The van der Waals surface area contributed by atoms with Gasteiger partial charge in [-0.3, -0.25) is 4.90 Å². The molecule has 0 radical (unpaired) electrons. The zero-order valence-corrected chi connectivity index (χ0v) is 16.4. The number of nitrogens with zero attached hydrogens (tertiary/aromatic N) is 1. The summed E-state index contributed by atoms with van der Waals surface area (Å²) in [5, 5.41) is 10.0. The van der Waals surface area contributed by atoms with Gasteiger partial charge < -0.3 is 19.3 Å². The lowest BCUT2D eigenvalue weighted by Crippen LogP contribution is -2.45. The van der Waals surface area contributed by atoms with Gasteiger partial charge in [0.25, 0.3) is 0 Å². The number of aliphatic hydroxyl groups excluding tert-OH is 1. The second-order valence-electron chi connectivity index (χ2n) is 7.39. The van der Waals surface area contributed by atoms with Crippen LogP contribution in [0.2, 0.25) is 0 Å². The number of fused-ring (bicyclic) bond motifs is 4. The van der Waals surface area contributed by atoms with E-state index in [2.05, 4.69) is 24.0 Å². The number of ether oxygens (including phenoxy) is 3. The predicted molar refractivity (Wildman–Crippen MR) is 104 cm³/mol. The van der Waals surface area contributed by atoms with Gasteiger partial charge >= 0.3 is 0 Å². The summed E-state index contributed by atoms with van der Waals surface area (Å²) in [6.07, 6.45) is 1.84. The van der Waals surface area contributed by atoms with E-state index in [4.69, 9.17) is 14.2 Å². The standard InChI is InChI=1S/C22H27NO4/c1-13-7-14-8-15(25-2)5-6-16(14)20-9-17-18(11-23(13)20)21(26-3)10-22(27-4)19(17)12-24/h5-6,8,10,13,20,24H,7,9,11-12H2,1-4H3/t13-,20?/m0/s1. The molecule has 27 heavy (non-hydrogen) atoms. The van der Waals surface area contributed by atoms with Crippen LogP contribution in [0.4, 0.5) is 0 Å². The van der Waals surface area contributed by atoms with E-state index in [1.807, 2.05) is 12.1 Å². The first-order valence-corrected chi connectivity index (χ1v) is 9.40. The number of benzene rings is 2. The van der Waals surface area contributed by atoms with Crippen molar-refractivity contribution in [3.05, 3.63) is 52.1 Å². The Bertz CT molecular complexity index is 864. The maximum atomic E-state index is 10.0. The van der Waals surface area contributed by atoms with Gasteiger partial charge in [0.1, 0.15) is 17.2 Å². The van der Waals surface area contributed by atoms with Crippen molar-refractivity contribution in [3.63, 3.8) is 0 Å². The van der Waals surface area contributed by atoms with E-state index in [9.17, 15) is 5.11 Å². The Morgan fingerprint density at radius 3 is 2.44 bits per heavy atom. The molecule has 2 aliphatic rings. The third kappa shape index (κ3) is 2.86. The highest BCUT2D eigenvalue weighted by Gasteiger charge is 2.38. The first kappa shape index (κ1) is 18.1. The Kier molecular flexibility index (Phi) is 4.74. The summed E-state index contributed by atoms with van der Waals surface area (Å²) in [7, 11) is 5.05. The van der Waals surface area contributed by atoms with Gasteiger partial charge in [0.2, 0.25) is 0 Å². The van der Waals surface area contributed by atoms with E-state index in [1.165, 1.54) is 16.7 Å². The smallest absolute Gasteiger partial charge is 0.128 e. The van der Waals surface area contributed by atoms with Gasteiger partial charge in [-0.25, -0.2) is 0 Å². The molecule has 0 aliphatic carbocycles. The molecule has 2 atom stereocenters. The Hall–Kier alpha value is -2.24. The SMILES string of the molecule is COc1ccc2c(c1)C[C@H](C)N1Cc3c(OC)cc(OC)c(CO)c3CC21. The van der Waals surface area contributed by atoms with E-state index in [0.29, 0.717) is 11.8 Å². The summed E-state index contributed by atoms with van der Waals surface area (Å²) in [5.74, 6) is 2.44. The molecule has 2 aliphatic heterocycles. The Morgan fingerprint density at radius 1 is 1.00 bits per heavy atom. The largest absolute Gasteiger partial charge is 0.497 e. The lowest BCUT2D eigenvalue weighted by atomic mass is 9.80. The molecule has 2 heterocycles. The molecule has 4 rings (SSSR count). The molecule has 1 N–H and O–H groups in total. The minimum Gasteiger partial charge on any atom is -0.497 e. The van der Waals surface area contributed by atoms with Crippen molar-refractivity contribution < 1.29 is 19.3 Å². The van der Waals surface area contributed by atoms with Crippen molar-refractivity contribution in [1.29, 1.82) is 0 Å². The molecule has 0 fully saturated rings. The fourth-order valence-corrected chi connectivity index (χ4v) is 4.73. The summed E-state index contributed by atoms with van der Waals surface area (Å²) in [4.78, 5) is 2.55. The van der Waals surface area contributed by atoms with Crippen LogP contribution in [0.1, 0.15) is 40.8 Å². The molecule has 5 heteroatoms. The monoisotopic (exact) mass is 369 g/mol. The van der Waals surface area contributed by atoms with Crippen LogP contribution >= 0.6 is 0 Å². The fraction of sp³-hybridized carbons (Fsp3) is 0.455. The van der Waals surface area contributed by atoms with Gasteiger partial charge in [-0.05, 0) is 48.6 Å². The van der Waals surface area contributed by atoms with Gasteiger partial charge in [0, 0.05) is 35.8 Å². The fourth-order valence-electron chi connectivity index (χ4n) is 4.73. The number of methoxy groups -OCH3 is 3. The maximum absolute atomic E-state index is 10.0. The van der Waals surface area contributed by atoms with Gasteiger partial charge in [0.15, 0.2) is 0 Å². The molecule has 0 amide bonds. The number of rotatable bonds is 4.